The molecule has 0 amide bonds. The molecule has 18 heavy (non-hydrogen) atoms. The molecule has 0 fully saturated rings. The molecule has 0 aliphatic heterocycles. The standard InChI is InChI=1S/C12H10Br2FN3/c1-6-9(16)5-17-12(11(6)14)18-10-3-2-7(13)4-8(10)15/h2-5H,16H2,1H3,(H,17,18). The van der Waals surface area contributed by atoms with Crippen LogP contribution in [-0.2, 0) is 0 Å². The zero-order valence-corrected chi connectivity index (χ0v) is 12.6. The average molecular weight is 375 g/mol. The van der Waals surface area contributed by atoms with Crippen LogP contribution in [0.1, 0.15) is 5.56 Å². The van der Waals surface area contributed by atoms with E-state index in [0.29, 0.717) is 21.7 Å². The molecule has 0 unspecified atom stereocenters. The largest absolute Gasteiger partial charge is 0.397 e. The maximum absolute atomic E-state index is 13.7. The van der Waals surface area contributed by atoms with Crippen LogP contribution in [0.25, 0.3) is 0 Å². The van der Waals surface area contributed by atoms with Gasteiger partial charge in [-0.05, 0) is 46.6 Å². The maximum atomic E-state index is 13.7. The summed E-state index contributed by atoms with van der Waals surface area (Å²) in [6, 6.07) is 4.78. The van der Waals surface area contributed by atoms with Crippen LogP contribution >= 0.6 is 31.9 Å². The molecule has 0 bridgehead atoms. The first kappa shape index (κ1) is 13.3. The molecule has 6 heteroatoms. The second-order valence-corrected chi connectivity index (χ2v) is 5.46. The molecule has 1 heterocycles. The Balaban J connectivity index is 2.37. The lowest BCUT2D eigenvalue weighted by molar-refractivity contribution is 0.631. The molecule has 0 saturated heterocycles. The molecule has 0 aliphatic rings. The second-order valence-electron chi connectivity index (χ2n) is 3.75. The van der Waals surface area contributed by atoms with Gasteiger partial charge in [0, 0.05) is 4.47 Å². The first-order chi connectivity index (χ1) is 8.49. The Kier molecular flexibility index (Phi) is 3.87. The molecule has 3 N–H and O–H groups in total. The number of nitrogens with zero attached hydrogens (tertiary/aromatic N) is 1. The minimum atomic E-state index is -0.354. The van der Waals surface area contributed by atoms with Gasteiger partial charge < -0.3 is 11.1 Å². The number of nitrogens with one attached hydrogen (secondary N) is 1. The van der Waals surface area contributed by atoms with Crippen molar-refractivity contribution in [3.8, 4) is 0 Å². The quantitative estimate of drug-likeness (QED) is 0.820. The number of hydrogen-bond donors (Lipinski definition) is 2. The van der Waals surface area contributed by atoms with Gasteiger partial charge in [0.25, 0.3) is 0 Å². The highest BCUT2D eigenvalue weighted by Crippen LogP contribution is 2.31. The number of nitrogens with two attached hydrogens (primary N) is 1. The fourth-order valence-corrected chi connectivity index (χ4v) is 2.16. The monoisotopic (exact) mass is 373 g/mol. The van der Waals surface area contributed by atoms with Gasteiger partial charge in [-0.1, -0.05) is 15.9 Å². The van der Waals surface area contributed by atoms with Crippen molar-refractivity contribution in [3.63, 3.8) is 0 Å². The fourth-order valence-electron chi connectivity index (χ4n) is 1.40. The highest BCUT2D eigenvalue weighted by molar-refractivity contribution is 9.11. The number of benzene rings is 1. The van der Waals surface area contributed by atoms with E-state index in [0.717, 1.165) is 10.0 Å². The van der Waals surface area contributed by atoms with E-state index >= 15 is 0 Å². The molecular weight excluding hydrogens is 365 g/mol. The van der Waals surface area contributed by atoms with Crippen LogP contribution < -0.4 is 11.1 Å². The molecule has 0 atom stereocenters. The fraction of sp³-hybridized carbons (Fsp3) is 0.0833. The molecule has 2 aromatic rings. The molecule has 94 valence electrons. The van der Waals surface area contributed by atoms with Crippen LogP contribution in [0.3, 0.4) is 0 Å². The molecule has 0 radical (unpaired) electrons. The van der Waals surface area contributed by atoms with Crippen LogP contribution in [0.5, 0.6) is 0 Å². The van der Waals surface area contributed by atoms with Crippen LogP contribution in [0.15, 0.2) is 33.3 Å². The summed E-state index contributed by atoms with van der Waals surface area (Å²) >= 11 is 6.60. The summed E-state index contributed by atoms with van der Waals surface area (Å²) in [6.45, 7) is 1.87. The van der Waals surface area contributed by atoms with Crippen LogP contribution in [0.2, 0.25) is 0 Å². The lowest BCUT2D eigenvalue weighted by atomic mass is 10.2. The second kappa shape index (κ2) is 5.24. The molecule has 0 saturated carbocycles. The highest BCUT2D eigenvalue weighted by Gasteiger charge is 2.10. The molecule has 0 aliphatic carbocycles. The number of pyridine rings is 1. The maximum Gasteiger partial charge on any atom is 0.147 e. The Morgan fingerprint density at radius 3 is 2.72 bits per heavy atom. The summed E-state index contributed by atoms with van der Waals surface area (Å²) in [4.78, 5) is 4.14. The van der Waals surface area contributed by atoms with Crippen LogP contribution in [0.4, 0.5) is 21.6 Å². The number of nitrogen functional groups attached to an aromatic ring is 1. The number of anilines is 3. The predicted molar refractivity (Wildman–Crippen MR) is 78.5 cm³/mol. The third kappa shape index (κ3) is 2.64. The molecule has 3 nitrogen and oxygen atoms in total. The van der Waals surface area contributed by atoms with Crippen molar-refractivity contribution in [2.75, 3.05) is 11.1 Å². The molecule has 2 rings (SSSR count). The Morgan fingerprint density at radius 1 is 1.33 bits per heavy atom. The Hall–Kier alpha value is -1.14. The van der Waals surface area contributed by atoms with Crippen molar-refractivity contribution in [2.24, 2.45) is 0 Å². The lowest BCUT2D eigenvalue weighted by Crippen LogP contribution is -2.00. The van der Waals surface area contributed by atoms with Gasteiger partial charge in [0.2, 0.25) is 0 Å². The zero-order chi connectivity index (χ0) is 13.3. The van der Waals surface area contributed by atoms with E-state index in [1.807, 2.05) is 6.92 Å². The van der Waals surface area contributed by atoms with E-state index in [2.05, 4.69) is 42.2 Å². The van der Waals surface area contributed by atoms with Gasteiger partial charge in [-0.3, -0.25) is 0 Å². The van der Waals surface area contributed by atoms with Gasteiger partial charge in [-0.2, -0.15) is 0 Å². The Bertz CT molecular complexity index is 602. The summed E-state index contributed by atoms with van der Waals surface area (Å²) in [5.41, 5.74) is 7.54. The molecule has 1 aromatic heterocycles. The topological polar surface area (TPSA) is 50.9 Å². The van der Waals surface area contributed by atoms with Crippen molar-refractivity contribution >= 4 is 49.1 Å². The third-order valence-electron chi connectivity index (χ3n) is 2.49. The summed E-state index contributed by atoms with van der Waals surface area (Å²) in [7, 11) is 0. The van der Waals surface area contributed by atoms with Gasteiger partial charge in [0.1, 0.15) is 11.6 Å². The zero-order valence-electron chi connectivity index (χ0n) is 9.47. The van der Waals surface area contributed by atoms with Gasteiger partial charge in [-0.15, -0.1) is 0 Å². The summed E-state index contributed by atoms with van der Waals surface area (Å²) < 4.78 is 15.1. The third-order valence-corrected chi connectivity index (χ3v) is 3.95. The van der Waals surface area contributed by atoms with Crippen LogP contribution in [-0.4, -0.2) is 4.98 Å². The SMILES string of the molecule is Cc1c(N)cnc(Nc2ccc(Br)cc2F)c1Br. The van der Waals surface area contributed by atoms with Crippen molar-refractivity contribution < 1.29 is 4.39 Å². The van der Waals surface area contributed by atoms with Gasteiger partial charge in [0.05, 0.1) is 22.0 Å². The van der Waals surface area contributed by atoms with Crippen molar-refractivity contribution in [3.05, 3.63) is 44.7 Å². The van der Waals surface area contributed by atoms with E-state index in [1.54, 1.807) is 18.3 Å². The Morgan fingerprint density at radius 2 is 2.06 bits per heavy atom. The number of hydrogen-bond acceptors (Lipinski definition) is 3. The minimum Gasteiger partial charge on any atom is -0.397 e. The van der Waals surface area contributed by atoms with E-state index in [4.69, 9.17) is 5.73 Å². The van der Waals surface area contributed by atoms with E-state index in [1.165, 1.54) is 6.07 Å². The van der Waals surface area contributed by atoms with E-state index in [-0.39, 0.29) is 5.82 Å². The van der Waals surface area contributed by atoms with Crippen molar-refractivity contribution in [1.82, 2.24) is 4.98 Å². The summed E-state index contributed by atoms with van der Waals surface area (Å²) in [5, 5.41) is 2.93. The number of rotatable bonds is 2. The molecular formula is C12H10Br2FN3. The first-order valence-corrected chi connectivity index (χ1v) is 6.70. The Labute approximate surface area is 121 Å². The lowest BCUT2D eigenvalue weighted by Gasteiger charge is -2.11. The highest BCUT2D eigenvalue weighted by atomic mass is 79.9. The summed E-state index contributed by atoms with van der Waals surface area (Å²) in [6.07, 6.45) is 1.54. The van der Waals surface area contributed by atoms with Crippen molar-refractivity contribution in [2.45, 2.75) is 6.92 Å². The molecule has 0 spiro atoms. The predicted octanol–water partition coefficient (Wildman–Crippen LogP) is 4.38. The van der Waals surface area contributed by atoms with Gasteiger partial charge >= 0.3 is 0 Å². The van der Waals surface area contributed by atoms with Crippen LogP contribution in [0, 0.1) is 12.7 Å². The smallest absolute Gasteiger partial charge is 0.147 e. The average Bonchev–Trinajstić information content (AvgIpc) is 2.33. The summed E-state index contributed by atoms with van der Waals surface area (Å²) in [5.74, 6) is 0.176. The van der Waals surface area contributed by atoms with E-state index in [9.17, 15) is 4.39 Å². The normalized spacial score (nSPS) is 10.4. The van der Waals surface area contributed by atoms with E-state index < -0.39 is 0 Å². The number of aromatic nitrogens is 1. The van der Waals surface area contributed by atoms with Crippen molar-refractivity contribution in [1.29, 1.82) is 0 Å². The number of halogens is 3. The van der Waals surface area contributed by atoms with Gasteiger partial charge in [-0.25, -0.2) is 9.37 Å². The minimum absolute atomic E-state index is 0.354. The van der Waals surface area contributed by atoms with Gasteiger partial charge in [0.15, 0.2) is 0 Å². The molecule has 1 aromatic carbocycles. The first-order valence-electron chi connectivity index (χ1n) is 5.11.